The van der Waals surface area contributed by atoms with Gasteiger partial charge >= 0.3 is 0 Å². The van der Waals surface area contributed by atoms with Gasteiger partial charge in [-0.25, -0.2) is 9.37 Å². The molecule has 128 valence electrons. The van der Waals surface area contributed by atoms with Crippen LogP contribution in [0.1, 0.15) is 30.0 Å². The molecule has 0 aliphatic carbocycles. The van der Waals surface area contributed by atoms with Gasteiger partial charge in [-0.05, 0) is 41.8 Å². The lowest BCUT2D eigenvalue weighted by molar-refractivity contribution is -0.121. The van der Waals surface area contributed by atoms with E-state index < -0.39 is 0 Å². The van der Waals surface area contributed by atoms with Gasteiger partial charge in [-0.3, -0.25) is 9.78 Å². The van der Waals surface area contributed by atoms with Crippen LogP contribution >= 0.6 is 0 Å². The third-order valence-electron chi connectivity index (χ3n) is 3.93. The summed E-state index contributed by atoms with van der Waals surface area (Å²) >= 11 is 0. The zero-order valence-electron chi connectivity index (χ0n) is 13.7. The van der Waals surface area contributed by atoms with Crippen molar-refractivity contribution in [2.24, 2.45) is 0 Å². The zero-order chi connectivity index (χ0) is 17.5. The highest BCUT2D eigenvalue weighted by molar-refractivity contribution is 5.76. The van der Waals surface area contributed by atoms with E-state index in [0.717, 1.165) is 17.7 Å². The summed E-state index contributed by atoms with van der Waals surface area (Å²) in [6, 6.07) is 9.53. The molecule has 1 N–H and O–H groups in total. The molecule has 3 aromatic rings. The Morgan fingerprint density at radius 2 is 1.76 bits per heavy atom. The van der Waals surface area contributed by atoms with Crippen LogP contribution in [0.2, 0.25) is 0 Å². The molecule has 3 rings (SSSR count). The fourth-order valence-corrected chi connectivity index (χ4v) is 2.64. The first kappa shape index (κ1) is 16.8. The molecule has 25 heavy (non-hydrogen) atoms. The molecule has 0 aliphatic heterocycles. The van der Waals surface area contributed by atoms with Crippen LogP contribution in [0.15, 0.2) is 67.5 Å². The van der Waals surface area contributed by atoms with Gasteiger partial charge < -0.3 is 9.88 Å². The Hall–Kier alpha value is -3.02. The van der Waals surface area contributed by atoms with Crippen LogP contribution in [0.5, 0.6) is 0 Å². The predicted molar refractivity (Wildman–Crippen MR) is 92.1 cm³/mol. The van der Waals surface area contributed by atoms with Crippen molar-refractivity contribution in [3.63, 3.8) is 0 Å². The minimum Gasteiger partial charge on any atom is -0.345 e. The lowest BCUT2D eigenvalue weighted by Gasteiger charge is -2.20. The molecule has 0 saturated carbocycles. The first-order chi connectivity index (χ1) is 12.2. The van der Waals surface area contributed by atoms with Crippen LogP contribution in [0.25, 0.3) is 0 Å². The van der Waals surface area contributed by atoms with Gasteiger partial charge in [0.05, 0.1) is 12.4 Å². The van der Waals surface area contributed by atoms with Gasteiger partial charge in [0.15, 0.2) is 0 Å². The van der Waals surface area contributed by atoms with Gasteiger partial charge in [-0.15, -0.1) is 0 Å². The molecule has 1 atom stereocenters. The van der Waals surface area contributed by atoms with E-state index in [1.54, 1.807) is 37.1 Å². The summed E-state index contributed by atoms with van der Waals surface area (Å²) in [7, 11) is 0. The molecule has 2 aromatic heterocycles. The fourth-order valence-electron chi connectivity index (χ4n) is 2.64. The number of amides is 1. The maximum absolute atomic E-state index is 13.2. The van der Waals surface area contributed by atoms with Crippen molar-refractivity contribution < 1.29 is 9.18 Å². The normalized spacial score (nSPS) is 11.9. The Balaban J connectivity index is 1.67. The van der Waals surface area contributed by atoms with Crippen LogP contribution < -0.4 is 5.32 Å². The van der Waals surface area contributed by atoms with Crippen molar-refractivity contribution >= 4 is 5.91 Å². The lowest BCUT2D eigenvalue weighted by atomic mass is 9.99. The number of imidazole rings is 1. The monoisotopic (exact) mass is 338 g/mol. The van der Waals surface area contributed by atoms with Crippen molar-refractivity contribution in [1.82, 2.24) is 19.9 Å². The number of aryl methyl sites for hydroxylation is 1. The molecule has 0 bridgehead atoms. The number of aromatic nitrogens is 3. The Morgan fingerprint density at radius 1 is 1.04 bits per heavy atom. The standard InChI is InChI=1S/C19H19FN4O/c20-17-5-3-15(4-6-17)19(16-7-9-21-10-8-16)23-18(25)2-1-12-24-13-11-22-14-24/h3-11,13-14,19H,1-2,12H2,(H,23,25). The third kappa shape index (κ3) is 4.73. The van der Waals surface area contributed by atoms with Gasteiger partial charge in [0.25, 0.3) is 0 Å². The molecule has 2 heterocycles. The maximum atomic E-state index is 13.2. The van der Waals surface area contributed by atoms with E-state index in [4.69, 9.17) is 0 Å². The van der Waals surface area contributed by atoms with Crippen LogP contribution in [0, 0.1) is 5.82 Å². The third-order valence-corrected chi connectivity index (χ3v) is 3.93. The summed E-state index contributed by atoms with van der Waals surface area (Å²) in [4.78, 5) is 20.4. The number of carbonyl (C=O) groups excluding carboxylic acids is 1. The Kier molecular flexibility index (Phi) is 5.51. The molecule has 1 amide bonds. The van der Waals surface area contributed by atoms with E-state index in [2.05, 4.69) is 15.3 Å². The molecule has 0 radical (unpaired) electrons. The average Bonchev–Trinajstić information content (AvgIpc) is 3.15. The van der Waals surface area contributed by atoms with E-state index in [9.17, 15) is 9.18 Å². The second kappa shape index (κ2) is 8.19. The topological polar surface area (TPSA) is 59.8 Å². The highest BCUT2D eigenvalue weighted by Crippen LogP contribution is 2.22. The summed E-state index contributed by atoms with van der Waals surface area (Å²) in [5.41, 5.74) is 1.74. The number of nitrogens with zero attached hydrogens (tertiary/aromatic N) is 3. The number of carbonyl (C=O) groups is 1. The molecule has 5 nitrogen and oxygen atoms in total. The van der Waals surface area contributed by atoms with E-state index in [1.807, 2.05) is 22.9 Å². The molecule has 0 fully saturated rings. The molecule has 0 spiro atoms. The highest BCUT2D eigenvalue weighted by Gasteiger charge is 2.16. The van der Waals surface area contributed by atoms with Gasteiger partial charge in [0, 0.05) is 37.8 Å². The summed E-state index contributed by atoms with van der Waals surface area (Å²) in [6.45, 7) is 0.740. The van der Waals surface area contributed by atoms with E-state index in [-0.39, 0.29) is 17.8 Å². The molecule has 1 aromatic carbocycles. The summed E-state index contributed by atoms with van der Waals surface area (Å²) < 4.78 is 15.1. The fraction of sp³-hybridized carbons (Fsp3) is 0.211. The lowest BCUT2D eigenvalue weighted by Crippen LogP contribution is -2.29. The first-order valence-corrected chi connectivity index (χ1v) is 8.13. The van der Waals surface area contributed by atoms with Crippen molar-refractivity contribution in [1.29, 1.82) is 0 Å². The highest BCUT2D eigenvalue weighted by atomic mass is 19.1. The number of rotatable bonds is 7. The molecule has 0 saturated heterocycles. The van der Waals surface area contributed by atoms with Crippen molar-refractivity contribution in [2.45, 2.75) is 25.4 Å². The number of nitrogens with one attached hydrogen (secondary N) is 1. The van der Waals surface area contributed by atoms with Crippen molar-refractivity contribution in [3.05, 3.63) is 84.5 Å². The number of pyridine rings is 1. The molecule has 6 heteroatoms. The number of hydrogen-bond donors (Lipinski definition) is 1. The van der Waals surface area contributed by atoms with Crippen LogP contribution in [-0.4, -0.2) is 20.4 Å². The molecule has 1 unspecified atom stereocenters. The second-order valence-corrected chi connectivity index (χ2v) is 5.74. The molecular weight excluding hydrogens is 319 g/mol. The smallest absolute Gasteiger partial charge is 0.220 e. The summed E-state index contributed by atoms with van der Waals surface area (Å²) in [5.74, 6) is -0.352. The van der Waals surface area contributed by atoms with Gasteiger partial charge in [0.1, 0.15) is 5.82 Å². The van der Waals surface area contributed by atoms with Crippen molar-refractivity contribution in [3.8, 4) is 0 Å². The average molecular weight is 338 g/mol. The number of hydrogen-bond acceptors (Lipinski definition) is 3. The quantitative estimate of drug-likeness (QED) is 0.720. The second-order valence-electron chi connectivity index (χ2n) is 5.74. The summed E-state index contributed by atoms with van der Waals surface area (Å²) in [6.07, 6.45) is 9.80. The first-order valence-electron chi connectivity index (χ1n) is 8.13. The van der Waals surface area contributed by atoms with Crippen LogP contribution in [0.4, 0.5) is 4.39 Å². The van der Waals surface area contributed by atoms with Crippen LogP contribution in [0.3, 0.4) is 0 Å². The van der Waals surface area contributed by atoms with E-state index in [0.29, 0.717) is 12.8 Å². The number of benzene rings is 1. The maximum Gasteiger partial charge on any atom is 0.220 e. The van der Waals surface area contributed by atoms with E-state index in [1.165, 1.54) is 12.1 Å². The summed E-state index contributed by atoms with van der Waals surface area (Å²) in [5, 5.41) is 3.04. The molecule has 0 aliphatic rings. The van der Waals surface area contributed by atoms with Crippen LogP contribution in [-0.2, 0) is 11.3 Å². The Morgan fingerprint density at radius 3 is 2.44 bits per heavy atom. The minimum absolute atomic E-state index is 0.0498. The molecular formula is C19H19FN4O. The zero-order valence-corrected chi connectivity index (χ0v) is 13.7. The Bertz CT molecular complexity index is 788. The predicted octanol–water partition coefficient (Wildman–Crippen LogP) is 3.10. The van der Waals surface area contributed by atoms with Crippen molar-refractivity contribution in [2.75, 3.05) is 0 Å². The largest absolute Gasteiger partial charge is 0.345 e. The van der Waals surface area contributed by atoms with Gasteiger partial charge in [0.2, 0.25) is 5.91 Å². The van der Waals surface area contributed by atoms with Gasteiger partial charge in [-0.2, -0.15) is 0 Å². The van der Waals surface area contributed by atoms with Gasteiger partial charge in [-0.1, -0.05) is 12.1 Å². The van der Waals surface area contributed by atoms with E-state index >= 15 is 0 Å². The minimum atomic E-state index is -0.329. The number of halogens is 1. The SMILES string of the molecule is O=C(CCCn1ccnc1)NC(c1ccncc1)c1ccc(F)cc1. The Labute approximate surface area is 145 Å².